The van der Waals surface area contributed by atoms with Crippen molar-refractivity contribution in [1.29, 1.82) is 0 Å². The number of nitrogens with zero attached hydrogens (tertiary/aromatic N) is 2. The van der Waals surface area contributed by atoms with Crippen LogP contribution >= 0.6 is 0 Å². The van der Waals surface area contributed by atoms with Crippen LogP contribution in [0, 0.1) is 29.5 Å². The number of benzene rings is 2. The van der Waals surface area contributed by atoms with E-state index in [1.807, 2.05) is 6.92 Å². The van der Waals surface area contributed by atoms with Crippen LogP contribution in [0.3, 0.4) is 0 Å². The van der Waals surface area contributed by atoms with Crippen molar-refractivity contribution in [2.75, 3.05) is 33.3 Å². The van der Waals surface area contributed by atoms with Gasteiger partial charge < -0.3 is 14.7 Å². The van der Waals surface area contributed by atoms with E-state index in [-0.39, 0.29) is 41.6 Å². The van der Waals surface area contributed by atoms with E-state index in [1.165, 1.54) is 35.3 Å². The number of rotatable bonds is 6. The monoisotopic (exact) mass is 500 g/mol. The van der Waals surface area contributed by atoms with Crippen LogP contribution in [0.5, 0.6) is 5.75 Å². The Morgan fingerprint density at radius 2 is 1.80 bits per heavy atom. The van der Waals surface area contributed by atoms with Crippen LogP contribution in [-0.2, 0) is 10.0 Å². The molecule has 2 aromatic carbocycles. The topological polar surface area (TPSA) is 70.1 Å². The summed E-state index contributed by atoms with van der Waals surface area (Å²) in [4.78, 5) is 2.33. The lowest BCUT2D eigenvalue weighted by Gasteiger charge is -2.37. The van der Waals surface area contributed by atoms with Crippen LogP contribution in [0.15, 0.2) is 47.4 Å². The van der Waals surface area contributed by atoms with E-state index < -0.39 is 16.1 Å². The van der Waals surface area contributed by atoms with E-state index in [1.54, 1.807) is 31.2 Å². The van der Waals surface area contributed by atoms with Gasteiger partial charge in [-0.3, -0.25) is 0 Å². The number of likely N-dealkylation sites (N-methyl/N-ethyl adjacent to an activating group) is 1. The Hall–Kier alpha value is -2.44. The number of aliphatic hydroxyl groups is 1. The molecule has 8 heteroatoms. The van der Waals surface area contributed by atoms with Gasteiger partial charge in [-0.2, -0.15) is 4.31 Å². The maximum atomic E-state index is 13.6. The molecule has 1 saturated carbocycles. The fourth-order valence-electron chi connectivity index (χ4n) is 4.32. The number of hydrogen-bond donors (Lipinski definition) is 1. The highest BCUT2D eigenvalue weighted by Gasteiger charge is 2.38. The average molecular weight is 501 g/mol. The van der Waals surface area contributed by atoms with Gasteiger partial charge in [-0.1, -0.05) is 18.8 Å². The molecule has 3 atom stereocenters. The summed E-state index contributed by atoms with van der Waals surface area (Å²) in [5, 5.41) is 9.79. The predicted octanol–water partition coefficient (Wildman–Crippen LogP) is 3.34. The number of fused-ring (bicyclic) bond motifs is 1. The third-order valence-electron chi connectivity index (χ3n) is 6.62. The molecule has 2 aliphatic rings. The molecule has 1 heterocycles. The number of hydrogen-bond acceptors (Lipinski definition) is 5. The molecular formula is C27H33FN2O4S. The second kappa shape index (κ2) is 10.7. The van der Waals surface area contributed by atoms with Gasteiger partial charge in [0.1, 0.15) is 22.6 Å². The van der Waals surface area contributed by atoms with Crippen molar-refractivity contribution in [3.8, 4) is 17.6 Å². The molecule has 1 N–H and O–H groups in total. The Labute approximate surface area is 207 Å². The highest BCUT2D eigenvalue weighted by atomic mass is 32.2. The highest BCUT2D eigenvalue weighted by Crippen LogP contribution is 2.35. The van der Waals surface area contributed by atoms with E-state index in [4.69, 9.17) is 4.74 Å². The fraction of sp³-hybridized carbons (Fsp3) is 0.481. The van der Waals surface area contributed by atoms with Crippen LogP contribution in [0.4, 0.5) is 4.39 Å². The lowest BCUT2D eigenvalue weighted by atomic mass is 10.0. The van der Waals surface area contributed by atoms with Crippen molar-refractivity contribution in [1.82, 2.24) is 9.21 Å². The second-order valence-electron chi connectivity index (χ2n) is 9.82. The van der Waals surface area contributed by atoms with Crippen LogP contribution in [0.2, 0.25) is 0 Å². The Balaban J connectivity index is 1.70. The molecule has 188 valence electrons. The van der Waals surface area contributed by atoms with E-state index in [0.29, 0.717) is 17.7 Å². The SMILES string of the molecule is C[C@@H]1CN([C@H](C)CO)S(=O)(=O)c2ccc(C#Cc3ccc(F)cc3)cc2O[C@@H]1CN(C)CC1CC1. The second-order valence-corrected chi connectivity index (χ2v) is 11.7. The van der Waals surface area contributed by atoms with Crippen LogP contribution < -0.4 is 4.74 Å². The zero-order valence-corrected chi connectivity index (χ0v) is 21.3. The first-order valence-electron chi connectivity index (χ1n) is 12.1. The summed E-state index contributed by atoms with van der Waals surface area (Å²) in [6, 6.07) is 10.2. The van der Waals surface area contributed by atoms with Crippen LogP contribution in [-0.4, -0.2) is 68.2 Å². The third kappa shape index (κ3) is 6.22. The first-order chi connectivity index (χ1) is 16.7. The fourth-order valence-corrected chi connectivity index (χ4v) is 6.15. The molecule has 4 rings (SSSR count). The molecule has 1 fully saturated rings. The van der Waals surface area contributed by atoms with E-state index in [2.05, 4.69) is 23.8 Å². The Kier molecular flexibility index (Phi) is 7.82. The molecule has 6 nitrogen and oxygen atoms in total. The molecule has 1 aliphatic carbocycles. The summed E-state index contributed by atoms with van der Waals surface area (Å²) < 4.78 is 48.1. The van der Waals surface area contributed by atoms with Crippen molar-refractivity contribution < 1.29 is 22.7 Å². The van der Waals surface area contributed by atoms with Gasteiger partial charge in [0.05, 0.1) is 6.61 Å². The summed E-state index contributed by atoms with van der Waals surface area (Å²) in [5.41, 5.74) is 1.26. The molecule has 0 aromatic heterocycles. The quantitative estimate of drug-likeness (QED) is 0.617. The van der Waals surface area contributed by atoms with Crippen LogP contribution in [0.25, 0.3) is 0 Å². The van der Waals surface area contributed by atoms with Crippen molar-refractivity contribution in [3.05, 3.63) is 59.4 Å². The summed E-state index contributed by atoms with van der Waals surface area (Å²) in [5.74, 6) is 6.59. The third-order valence-corrected chi connectivity index (χ3v) is 8.64. The number of aliphatic hydroxyl groups excluding tert-OH is 1. The molecule has 0 unspecified atom stereocenters. The van der Waals surface area contributed by atoms with E-state index in [0.717, 1.165) is 12.5 Å². The predicted molar refractivity (Wildman–Crippen MR) is 133 cm³/mol. The minimum Gasteiger partial charge on any atom is -0.487 e. The summed E-state index contributed by atoms with van der Waals surface area (Å²) in [6.45, 7) is 5.36. The normalized spacial score (nSPS) is 22.8. The molecule has 35 heavy (non-hydrogen) atoms. The van der Waals surface area contributed by atoms with Crippen molar-refractivity contribution in [2.24, 2.45) is 11.8 Å². The van der Waals surface area contributed by atoms with Gasteiger partial charge in [0.2, 0.25) is 10.0 Å². The van der Waals surface area contributed by atoms with Gasteiger partial charge in [-0.05, 0) is 75.2 Å². The molecule has 1 aliphatic heterocycles. The molecular weight excluding hydrogens is 467 g/mol. The summed E-state index contributed by atoms with van der Waals surface area (Å²) in [6.07, 6.45) is 2.27. The van der Waals surface area contributed by atoms with Gasteiger partial charge in [-0.25, -0.2) is 12.8 Å². The minimum atomic E-state index is -3.89. The smallest absolute Gasteiger partial charge is 0.247 e. The first-order valence-corrected chi connectivity index (χ1v) is 13.5. The van der Waals surface area contributed by atoms with Gasteiger partial charge in [0.15, 0.2) is 0 Å². The average Bonchev–Trinajstić information content (AvgIpc) is 3.64. The van der Waals surface area contributed by atoms with Crippen LogP contribution in [0.1, 0.15) is 37.8 Å². The molecule has 2 aromatic rings. The molecule has 0 amide bonds. The zero-order chi connectivity index (χ0) is 25.2. The Morgan fingerprint density at radius 1 is 1.14 bits per heavy atom. The van der Waals surface area contributed by atoms with Gasteiger partial charge in [0, 0.05) is 42.7 Å². The molecule has 0 radical (unpaired) electrons. The number of sulfonamides is 1. The first kappa shape index (κ1) is 25.6. The summed E-state index contributed by atoms with van der Waals surface area (Å²) in [7, 11) is -1.82. The largest absolute Gasteiger partial charge is 0.487 e. The molecule has 0 bridgehead atoms. The van der Waals surface area contributed by atoms with Crippen molar-refractivity contribution in [3.63, 3.8) is 0 Å². The Morgan fingerprint density at radius 3 is 2.46 bits per heavy atom. The lowest BCUT2D eigenvalue weighted by molar-refractivity contribution is 0.0740. The maximum Gasteiger partial charge on any atom is 0.247 e. The summed E-state index contributed by atoms with van der Waals surface area (Å²) >= 11 is 0. The Bertz CT molecular complexity index is 1200. The maximum absolute atomic E-state index is 13.6. The lowest BCUT2D eigenvalue weighted by Crippen LogP contribution is -2.49. The highest BCUT2D eigenvalue weighted by molar-refractivity contribution is 7.89. The standard InChI is InChI=1S/C27H33FN2O4S/c1-19-15-30(20(2)18-31)35(32,33)27-13-10-22(5-4-21-8-11-24(28)12-9-21)14-25(27)34-26(19)17-29(3)16-23-6-7-23/h8-14,19-20,23,26,31H,6-7,15-18H2,1-3H3/t19-,20-,26-/m1/s1. The zero-order valence-electron chi connectivity index (χ0n) is 20.4. The van der Waals surface area contributed by atoms with Gasteiger partial charge in [0.25, 0.3) is 0 Å². The molecule has 0 saturated heterocycles. The number of ether oxygens (including phenoxy) is 1. The van der Waals surface area contributed by atoms with E-state index in [9.17, 15) is 17.9 Å². The number of halogens is 1. The van der Waals surface area contributed by atoms with Gasteiger partial charge in [-0.15, -0.1) is 0 Å². The van der Waals surface area contributed by atoms with Crippen molar-refractivity contribution in [2.45, 2.75) is 43.7 Å². The van der Waals surface area contributed by atoms with Gasteiger partial charge >= 0.3 is 0 Å². The van der Waals surface area contributed by atoms with E-state index >= 15 is 0 Å². The molecule has 0 spiro atoms. The van der Waals surface area contributed by atoms with Crippen molar-refractivity contribution >= 4 is 10.0 Å². The minimum absolute atomic E-state index is 0.0758.